The molecule has 0 spiro atoms. The Hall–Kier alpha value is -1.10. The predicted molar refractivity (Wildman–Crippen MR) is 69.9 cm³/mol. The van der Waals surface area contributed by atoms with E-state index in [1.807, 2.05) is 31.2 Å². The number of aliphatic hydroxyl groups excluding tert-OH is 1. The van der Waals surface area contributed by atoms with Crippen LogP contribution in [0.15, 0.2) is 24.3 Å². The van der Waals surface area contributed by atoms with Crippen molar-refractivity contribution >= 4 is 0 Å². The lowest BCUT2D eigenvalue weighted by Crippen LogP contribution is -2.10. The lowest BCUT2D eigenvalue weighted by molar-refractivity contribution is 0.0267. The normalized spacial score (nSPS) is 12.4. The lowest BCUT2D eigenvalue weighted by atomic mass is 10.1. The smallest absolute Gasteiger partial charge is 0.125 e. The van der Waals surface area contributed by atoms with Gasteiger partial charge in [-0.2, -0.15) is 0 Å². The molecule has 1 aromatic carbocycles. The summed E-state index contributed by atoms with van der Waals surface area (Å²) in [6.45, 7) is 4.03. The summed E-state index contributed by atoms with van der Waals surface area (Å²) in [6, 6.07) is 7.48. The van der Waals surface area contributed by atoms with Crippen LogP contribution in [0.5, 0.6) is 5.75 Å². The van der Waals surface area contributed by atoms with E-state index in [9.17, 15) is 5.11 Å². The molecule has 1 atom stereocenters. The summed E-state index contributed by atoms with van der Waals surface area (Å²) in [7, 11) is 1.66. The van der Waals surface area contributed by atoms with Crippen molar-refractivity contribution in [1.82, 2.24) is 0 Å². The van der Waals surface area contributed by atoms with Gasteiger partial charge in [-0.3, -0.25) is 0 Å². The van der Waals surface area contributed by atoms with Gasteiger partial charge < -0.3 is 19.3 Å². The molecule has 0 amide bonds. The number of hydrogen-bond acceptors (Lipinski definition) is 4. The van der Waals surface area contributed by atoms with Crippen LogP contribution in [0.4, 0.5) is 0 Å². The molecular weight excluding hydrogens is 232 g/mol. The highest BCUT2D eigenvalue weighted by Crippen LogP contribution is 2.25. The quantitative estimate of drug-likeness (QED) is 0.686. The summed E-state index contributed by atoms with van der Waals surface area (Å²) in [5.74, 6) is 0.716. The molecule has 1 N–H and O–H groups in total. The minimum atomic E-state index is -0.657. The van der Waals surface area contributed by atoms with E-state index in [4.69, 9.17) is 14.2 Å². The van der Waals surface area contributed by atoms with Gasteiger partial charge in [-0.15, -0.1) is 0 Å². The second-order valence-corrected chi connectivity index (χ2v) is 3.91. The number of benzene rings is 1. The Balaban J connectivity index is 2.42. The van der Waals surface area contributed by atoms with Gasteiger partial charge in [-0.1, -0.05) is 18.2 Å². The molecule has 1 aromatic rings. The van der Waals surface area contributed by atoms with E-state index in [0.717, 1.165) is 12.0 Å². The molecule has 4 heteroatoms. The maximum absolute atomic E-state index is 10.0. The zero-order valence-corrected chi connectivity index (χ0v) is 11.1. The number of rotatable bonds is 9. The van der Waals surface area contributed by atoms with Crippen LogP contribution in [0.3, 0.4) is 0 Å². The third kappa shape index (κ3) is 5.04. The van der Waals surface area contributed by atoms with Crippen molar-refractivity contribution in [3.8, 4) is 5.75 Å². The predicted octanol–water partition coefficient (Wildman–Crippen LogP) is 2.17. The van der Waals surface area contributed by atoms with Crippen molar-refractivity contribution in [2.75, 3.05) is 33.5 Å². The standard InChI is InChI=1S/C14H22O4/c1-3-18-14-8-5-4-7-12(14)13(15)11-17-10-6-9-16-2/h4-5,7-8,13,15H,3,6,9-11H2,1-2H3. The molecule has 102 valence electrons. The van der Waals surface area contributed by atoms with Crippen LogP contribution in [0.2, 0.25) is 0 Å². The highest BCUT2D eigenvalue weighted by atomic mass is 16.5. The fraction of sp³-hybridized carbons (Fsp3) is 0.571. The van der Waals surface area contributed by atoms with Crippen LogP contribution in [-0.2, 0) is 9.47 Å². The van der Waals surface area contributed by atoms with Crippen LogP contribution in [0.1, 0.15) is 25.0 Å². The van der Waals surface area contributed by atoms with Gasteiger partial charge >= 0.3 is 0 Å². The van der Waals surface area contributed by atoms with Crippen molar-refractivity contribution in [1.29, 1.82) is 0 Å². The summed E-state index contributed by atoms with van der Waals surface area (Å²) in [5.41, 5.74) is 0.770. The van der Waals surface area contributed by atoms with Gasteiger partial charge in [0.15, 0.2) is 0 Å². The van der Waals surface area contributed by atoms with Crippen molar-refractivity contribution < 1.29 is 19.3 Å². The molecule has 0 aliphatic rings. The molecule has 0 aliphatic heterocycles. The van der Waals surface area contributed by atoms with Crippen molar-refractivity contribution in [2.24, 2.45) is 0 Å². The molecule has 0 bridgehead atoms. The summed E-state index contributed by atoms with van der Waals surface area (Å²) in [5, 5.41) is 10.0. The highest BCUT2D eigenvalue weighted by molar-refractivity contribution is 5.35. The van der Waals surface area contributed by atoms with Gasteiger partial charge in [0.1, 0.15) is 11.9 Å². The largest absolute Gasteiger partial charge is 0.493 e. The summed E-state index contributed by atoms with van der Waals surface area (Å²) in [6.07, 6.45) is 0.173. The van der Waals surface area contributed by atoms with E-state index in [1.165, 1.54) is 0 Å². The molecule has 1 unspecified atom stereocenters. The van der Waals surface area contributed by atoms with E-state index >= 15 is 0 Å². The van der Waals surface area contributed by atoms with Crippen molar-refractivity contribution in [3.63, 3.8) is 0 Å². The molecular formula is C14H22O4. The molecule has 18 heavy (non-hydrogen) atoms. The van der Waals surface area contributed by atoms with Crippen LogP contribution in [-0.4, -0.2) is 38.6 Å². The number of hydrogen-bond donors (Lipinski definition) is 1. The molecule has 0 heterocycles. The van der Waals surface area contributed by atoms with Crippen LogP contribution >= 0.6 is 0 Å². The van der Waals surface area contributed by atoms with Gasteiger partial charge in [-0.05, 0) is 19.4 Å². The van der Waals surface area contributed by atoms with Gasteiger partial charge in [-0.25, -0.2) is 0 Å². The highest BCUT2D eigenvalue weighted by Gasteiger charge is 2.12. The van der Waals surface area contributed by atoms with Crippen molar-refractivity contribution in [3.05, 3.63) is 29.8 Å². The number of ether oxygens (including phenoxy) is 3. The van der Waals surface area contributed by atoms with Gasteiger partial charge in [0.2, 0.25) is 0 Å². The summed E-state index contributed by atoms with van der Waals surface area (Å²) >= 11 is 0. The fourth-order valence-corrected chi connectivity index (χ4v) is 1.63. The first-order valence-corrected chi connectivity index (χ1v) is 6.26. The molecule has 1 rings (SSSR count). The SMILES string of the molecule is CCOc1ccccc1C(O)COCCCOC. The fourth-order valence-electron chi connectivity index (χ4n) is 1.63. The minimum Gasteiger partial charge on any atom is -0.493 e. The molecule has 0 aromatic heterocycles. The van der Waals surface area contributed by atoms with Gasteiger partial charge in [0.05, 0.1) is 13.2 Å². The second-order valence-electron chi connectivity index (χ2n) is 3.91. The Morgan fingerprint density at radius 1 is 1.22 bits per heavy atom. The maximum atomic E-state index is 10.0. The number of aliphatic hydroxyl groups is 1. The van der Waals surface area contributed by atoms with Gasteiger partial charge in [0.25, 0.3) is 0 Å². The van der Waals surface area contributed by atoms with Crippen LogP contribution in [0.25, 0.3) is 0 Å². The molecule has 4 nitrogen and oxygen atoms in total. The Kier molecular flexibility index (Phi) is 7.41. The van der Waals surface area contributed by atoms with Crippen LogP contribution in [0, 0.1) is 0 Å². The van der Waals surface area contributed by atoms with E-state index in [-0.39, 0.29) is 6.61 Å². The summed E-state index contributed by atoms with van der Waals surface area (Å²) < 4.78 is 15.8. The van der Waals surface area contributed by atoms with E-state index < -0.39 is 6.10 Å². The van der Waals surface area contributed by atoms with E-state index in [0.29, 0.717) is 25.6 Å². The Morgan fingerprint density at radius 2 is 2.00 bits per heavy atom. The first kappa shape index (κ1) is 15.0. The maximum Gasteiger partial charge on any atom is 0.125 e. The minimum absolute atomic E-state index is 0.272. The average molecular weight is 254 g/mol. The Bertz CT molecular complexity index is 327. The monoisotopic (exact) mass is 254 g/mol. The van der Waals surface area contributed by atoms with E-state index in [1.54, 1.807) is 7.11 Å². The average Bonchev–Trinajstić information content (AvgIpc) is 2.39. The third-order valence-electron chi connectivity index (χ3n) is 2.49. The topological polar surface area (TPSA) is 47.9 Å². The molecule has 0 saturated carbocycles. The first-order chi connectivity index (χ1) is 8.79. The lowest BCUT2D eigenvalue weighted by Gasteiger charge is -2.15. The van der Waals surface area contributed by atoms with E-state index in [2.05, 4.69) is 0 Å². The number of methoxy groups -OCH3 is 1. The van der Waals surface area contributed by atoms with Crippen molar-refractivity contribution in [2.45, 2.75) is 19.4 Å². The van der Waals surface area contributed by atoms with Crippen LogP contribution < -0.4 is 4.74 Å². The van der Waals surface area contributed by atoms with Gasteiger partial charge in [0, 0.05) is 25.9 Å². The molecule has 0 fully saturated rings. The molecule has 0 saturated heterocycles. The molecule has 0 aliphatic carbocycles. The zero-order chi connectivity index (χ0) is 13.2. The third-order valence-corrected chi connectivity index (χ3v) is 2.49. The number of para-hydroxylation sites is 1. The Morgan fingerprint density at radius 3 is 2.72 bits per heavy atom. The summed E-state index contributed by atoms with van der Waals surface area (Å²) in [4.78, 5) is 0. The Labute approximate surface area is 108 Å². The molecule has 0 radical (unpaired) electrons. The first-order valence-electron chi connectivity index (χ1n) is 6.26. The second kappa shape index (κ2) is 8.91. The zero-order valence-electron chi connectivity index (χ0n) is 11.1.